The second kappa shape index (κ2) is 6.35. The first kappa shape index (κ1) is 16.6. The first-order valence-corrected chi connectivity index (χ1v) is 7.10. The van der Waals surface area contributed by atoms with Gasteiger partial charge in [0.15, 0.2) is 0 Å². The van der Waals surface area contributed by atoms with Crippen molar-refractivity contribution in [1.82, 2.24) is 20.5 Å². The normalized spacial score (nSPS) is 12.5. The van der Waals surface area contributed by atoms with Crippen LogP contribution in [0.4, 0.5) is 0 Å². The Morgan fingerprint density at radius 1 is 1.30 bits per heavy atom. The van der Waals surface area contributed by atoms with Gasteiger partial charge in [-0.25, -0.2) is 4.98 Å². The number of aliphatic hydroxyl groups is 1. The van der Waals surface area contributed by atoms with E-state index in [-0.39, 0.29) is 29.2 Å². The third kappa shape index (κ3) is 3.79. The quantitative estimate of drug-likeness (QED) is 0.739. The topological polar surface area (TPSA) is 90.9 Å². The molecule has 3 N–H and O–H groups in total. The summed E-state index contributed by atoms with van der Waals surface area (Å²) < 4.78 is 0. The van der Waals surface area contributed by atoms with Gasteiger partial charge in [-0.3, -0.25) is 9.89 Å². The lowest BCUT2D eigenvalue weighted by Gasteiger charge is -2.29. The summed E-state index contributed by atoms with van der Waals surface area (Å²) in [5.41, 5.74) is -0.438. The maximum Gasteiger partial charge on any atom is 0.290 e. The lowest BCUT2D eigenvalue weighted by Crippen LogP contribution is -2.39. The van der Waals surface area contributed by atoms with Gasteiger partial charge in [0.05, 0.1) is 6.61 Å². The van der Waals surface area contributed by atoms with Crippen LogP contribution in [0.5, 0.6) is 0 Å². The van der Waals surface area contributed by atoms with Crippen LogP contribution in [0.3, 0.4) is 0 Å². The average Bonchev–Trinajstić information content (AvgIpc) is 2.90. The Labute approximate surface area is 120 Å². The molecule has 114 valence electrons. The van der Waals surface area contributed by atoms with Crippen LogP contribution in [0, 0.1) is 5.41 Å². The molecule has 0 spiro atoms. The summed E-state index contributed by atoms with van der Waals surface area (Å²) in [6.07, 6.45) is 1.61. The molecule has 0 fully saturated rings. The highest BCUT2D eigenvalue weighted by Gasteiger charge is 2.27. The Kier molecular flexibility index (Phi) is 5.28. The number of carbonyl (C=O) groups is 1. The zero-order valence-electron chi connectivity index (χ0n) is 13.1. The van der Waals surface area contributed by atoms with Crippen molar-refractivity contribution >= 4 is 5.91 Å². The van der Waals surface area contributed by atoms with Crippen molar-refractivity contribution in [3.05, 3.63) is 11.6 Å². The van der Waals surface area contributed by atoms with Crippen LogP contribution in [-0.2, 0) is 5.41 Å². The zero-order valence-corrected chi connectivity index (χ0v) is 13.1. The maximum atomic E-state index is 12.0. The number of aromatic amines is 1. The van der Waals surface area contributed by atoms with Crippen LogP contribution in [0.1, 0.15) is 63.9 Å². The van der Waals surface area contributed by atoms with Crippen molar-refractivity contribution in [2.75, 3.05) is 13.2 Å². The summed E-state index contributed by atoms with van der Waals surface area (Å²) in [7, 11) is 0. The van der Waals surface area contributed by atoms with Gasteiger partial charge in [0.25, 0.3) is 5.91 Å². The van der Waals surface area contributed by atoms with Crippen molar-refractivity contribution in [3.8, 4) is 0 Å². The predicted octanol–water partition coefficient (Wildman–Crippen LogP) is 1.63. The number of aliphatic hydroxyl groups excluding tert-OH is 1. The van der Waals surface area contributed by atoms with Crippen molar-refractivity contribution in [3.63, 3.8) is 0 Å². The Bertz CT molecular complexity index is 436. The van der Waals surface area contributed by atoms with Crippen LogP contribution < -0.4 is 5.32 Å². The molecule has 0 aromatic carbocycles. The van der Waals surface area contributed by atoms with Gasteiger partial charge >= 0.3 is 0 Å². The fraction of sp³-hybridized carbons (Fsp3) is 0.786. The number of nitrogens with zero attached hydrogens (tertiary/aromatic N) is 2. The molecule has 1 amide bonds. The van der Waals surface area contributed by atoms with E-state index in [0.29, 0.717) is 12.4 Å². The van der Waals surface area contributed by atoms with E-state index >= 15 is 0 Å². The first-order valence-electron chi connectivity index (χ1n) is 7.10. The van der Waals surface area contributed by atoms with Gasteiger partial charge in [-0.2, -0.15) is 0 Å². The number of rotatable bonds is 6. The molecule has 0 unspecified atom stereocenters. The second-order valence-electron chi connectivity index (χ2n) is 6.31. The molecule has 0 aliphatic heterocycles. The van der Waals surface area contributed by atoms with E-state index in [1.807, 2.05) is 34.6 Å². The van der Waals surface area contributed by atoms with Crippen LogP contribution in [-0.4, -0.2) is 39.3 Å². The van der Waals surface area contributed by atoms with Crippen LogP contribution >= 0.6 is 0 Å². The fourth-order valence-corrected chi connectivity index (χ4v) is 1.83. The molecule has 6 heteroatoms. The van der Waals surface area contributed by atoms with Gasteiger partial charge in [-0.1, -0.05) is 34.6 Å². The SMILES string of the molecule is CCC(CC)(CO)CNC(=O)c1n[nH]c(C(C)(C)C)n1. The second-order valence-corrected chi connectivity index (χ2v) is 6.31. The number of carbonyl (C=O) groups excluding carboxylic acids is 1. The molecule has 1 rings (SSSR count). The van der Waals surface area contributed by atoms with Gasteiger partial charge < -0.3 is 10.4 Å². The molecule has 1 aromatic heterocycles. The number of aromatic nitrogens is 3. The molecule has 0 bridgehead atoms. The van der Waals surface area contributed by atoms with Gasteiger partial charge in [0.1, 0.15) is 5.82 Å². The van der Waals surface area contributed by atoms with Gasteiger partial charge in [-0.15, -0.1) is 5.10 Å². The molecular formula is C14H26N4O2. The minimum absolute atomic E-state index is 0.0571. The summed E-state index contributed by atoms with van der Waals surface area (Å²) in [6.45, 7) is 10.5. The highest BCUT2D eigenvalue weighted by Crippen LogP contribution is 2.24. The summed E-state index contributed by atoms with van der Waals surface area (Å²) in [6, 6.07) is 0. The predicted molar refractivity (Wildman–Crippen MR) is 77.5 cm³/mol. The highest BCUT2D eigenvalue weighted by molar-refractivity contribution is 5.90. The third-order valence-corrected chi connectivity index (χ3v) is 3.86. The average molecular weight is 282 g/mol. The highest BCUT2D eigenvalue weighted by atomic mass is 16.3. The Morgan fingerprint density at radius 2 is 1.90 bits per heavy atom. The van der Waals surface area contributed by atoms with Crippen molar-refractivity contribution < 1.29 is 9.90 Å². The summed E-state index contributed by atoms with van der Waals surface area (Å²) >= 11 is 0. The molecule has 1 heterocycles. The molecule has 0 radical (unpaired) electrons. The molecule has 6 nitrogen and oxygen atoms in total. The molecule has 0 saturated heterocycles. The lowest BCUT2D eigenvalue weighted by molar-refractivity contribution is 0.0842. The van der Waals surface area contributed by atoms with E-state index in [0.717, 1.165) is 12.8 Å². The Balaban J connectivity index is 2.70. The number of nitrogens with one attached hydrogen (secondary N) is 2. The number of amides is 1. The van der Waals surface area contributed by atoms with E-state index in [1.54, 1.807) is 0 Å². The van der Waals surface area contributed by atoms with Crippen molar-refractivity contribution in [1.29, 1.82) is 0 Å². The minimum Gasteiger partial charge on any atom is -0.396 e. The molecule has 0 atom stereocenters. The summed E-state index contributed by atoms with van der Waals surface area (Å²) in [4.78, 5) is 16.3. The fourth-order valence-electron chi connectivity index (χ4n) is 1.83. The first-order chi connectivity index (χ1) is 9.28. The Hall–Kier alpha value is -1.43. The van der Waals surface area contributed by atoms with E-state index < -0.39 is 0 Å². The molecule has 1 aromatic rings. The van der Waals surface area contributed by atoms with Gasteiger partial charge in [0.2, 0.25) is 5.82 Å². The molecule has 20 heavy (non-hydrogen) atoms. The van der Waals surface area contributed by atoms with Crippen LogP contribution in [0.15, 0.2) is 0 Å². The third-order valence-electron chi connectivity index (χ3n) is 3.86. The lowest BCUT2D eigenvalue weighted by atomic mass is 9.83. The molecule has 0 aliphatic carbocycles. The van der Waals surface area contributed by atoms with Crippen LogP contribution in [0.25, 0.3) is 0 Å². The largest absolute Gasteiger partial charge is 0.396 e. The molecule has 0 saturated carbocycles. The van der Waals surface area contributed by atoms with Gasteiger partial charge in [-0.05, 0) is 12.8 Å². The zero-order chi connectivity index (χ0) is 15.4. The van der Waals surface area contributed by atoms with E-state index in [1.165, 1.54) is 0 Å². The van der Waals surface area contributed by atoms with E-state index in [2.05, 4.69) is 20.5 Å². The van der Waals surface area contributed by atoms with Crippen LogP contribution in [0.2, 0.25) is 0 Å². The molecular weight excluding hydrogens is 256 g/mol. The number of hydrogen-bond donors (Lipinski definition) is 3. The molecule has 0 aliphatic rings. The van der Waals surface area contributed by atoms with Crippen molar-refractivity contribution in [2.45, 2.75) is 52.9 Å². The Morgan fingerprint density at radius 3 is 2.30 bits per heavy atom. The maximum absolute atomic E-state index is 12.0. The van der Waals surface area contributed by atoms with Gasteiger partial charge in [0, 0.05) is 17.4 Å². The van der Waals surface area contributed by atoms with Crippen molar-refractivity contribution in [2.24, 2.45) is 5.41 Å². The summed E-state index contributed by atoms with van der Waals surface area (Å²) in [5.74, 6) is 0.521. The minimum atomic E-state index is -0.309. The standard InChI is InChI=1S/C14H26N4O2/c1-6-14(7-2,9-19)8-15-11(20)10-16-12(18-17-10)13(3,4)5/h19H,6-9H2,1-5H3,(H,15,20)(H,16,17,18). The smallest absolute Gasteiger partial charge is 0.290 e. The number of hydrogen-bond acceptors (Lipinski definition) is 4. The van der Waals surface area contributed by atoms with E-state index in [4.69, 9.17) is 0 Å². The number of H-pyrrole nitrogens is 1. The summed E-state index contributed by atoms with van der Waals surface area (Å²) in [5, 5.41) is 19.0. The van der Waals surface area contributed by atoms with E-state index in [9.17, 15) is 9.90 Å². The monoisotopic (exact) mass is 282 g/mol.